The number of benzene rings is 2. The minimum Gasteiger partial charge on any atom is -0.355 e. The Morgan fingerprint density at radius 3 is 2.46 bits per heavy atom. The van der Waals surface area contributed by atoms with Gasteiger partial charge in [0, 0.05) is 18.8 Å². The average molecular weight is 403 g/mol. The van der Waals surface area contributed by atoms with E-state index in [4.69, 9.17) is 0 Å². The molecule has 2 rings (SSSR count). The molecule has 0 saturated heterocycles. The molecule has 1 atom stereocenters. The van der Waals surface area contributed by atoms with Crippen molar-refractivity contribution in [1.82, 2.24) is 10.2 Å². The van der Waals surface area contributed by atoms with Gasteiger partial charge >= 0.3 is 0 Å². The lowest BCUT2D eigenvalue weighted by Crippen LogP contribution is -2.48. The van der Waals surface area contributed by atoms with E-state index in [-0.39, 0.29) is 23.4 Å². The minimum absolute atomic E-state index is 0.0888. The van der Waals surface area contributed by atoms with E-state index in [2.05, 4.69) is 5.32 Å². The molecule has 1 N–H and O–H groups in total. The van der Waals surface area contributed by atoms with Crippen molar-refractivity contribution < 1.29 is 14.0 Å². The van der Waals surface area contributed by atoms with Crippen molar-refractivity contribution >= 4 is 23.6 Å². The number of thioether (sulfide) groups is 1. The van der Waals surface area contributed by atoms with Gasteiger partial charge in [-0.25, -0.2) is 4.39 Å². The highest BCUT2D eigenvalue weighted by Crippen LogP contribution is 2.17. The van der Waals surface area contributed by atoms with Crippen LogP contribution in [0.3, 0.4) is 0 Å². The highest BCUT2D eigenvalue weighted by molar-refractivity contribution is 7.99. The fraction of sp³-hybridized carbons (Fsp3) is 0.364. The Kier molecular flexibility index (Phi) is 8.51. The van der Waals surface area contributed by atoms with Crippen molar-refractivity contribution in [2.24, 2.45) is 0 Å². The Morgan fingerprint density at radius 2 is 1.82 bits per heavy atom. The monoisotopic (exact) mass is 402 g/mol. The molecule has 150 valence electrons. The van der Waals surface area contributed by atoms with Crippen LogP contribution in [0.5, 0.6) is 0 Å². The zero-order chi connectivity index (χ0) is 20.5. The van der Waals surface area contributed by atoms with Gasteiger partial charge in [-0.3, -0.25) is 9.59 Å². The number of nitrogens with one attached hydrogen (secondary N) is 1. The maximum atomic E-state index is 13.0. The van der Waals surface area contributed by atoms with Gasteiger partial charge in [-0.05, 0) is 49.6 Å². The van der Waals surface area contributed by atoms with Gasteiger partial charge in [0.2, 0.25) is 11.8 Å². The lowest BCUT2D eigenvalue weighted by Gasteiger charge is -2.29. The summed E-state index contributed by atoms with van der Waals surface area (Å²) in [4.78, 5) is 26.9. The molecule has 2 amide bonds. The van der Waals surface area contributed by atoms with Crippen molar-refractivity contribution in [3.05, 3.63) is 71.0 Å². The van der Waals surface area contributed by atoms with E-state index in [0.29, 0.717) is 18.8 Å². The normalized spacial score (nSPS) is 11.7. The van der Waals surface area contributed by atoms with Crippen LogP contribution in [0.4, 0.5) is 4.39 Å². The minimum atomic E-state index is -0.557. The van der Waals surface area contributed by atoms with Gasteiger partial charge in [0.25, 0.3) is 0 Å². The molecule has 2 aromatic rings. The number of amides is 2. The van der Waals surface area contributed by atoms with Gasteiger partial charge in [0.05, 0.1) is 5.75 Å². The number of likely N-dealkylation sites (N-methyl/N-ethyl adjacent to an activating group) is 1. The van der Waals surface area contributed by atoms with Crippen LogP contribution in [0.15, 0.2) is 48.5 Å². The lowest BCUT2D eigenvalue weighted by molar-refractivity contribution is -0.138. The largest absolute Gasteiger partial charge is 0.355 e. The molecule has 0 aliphatic rings. The molecule has 28 heavy (non-hydrogen) atoms. The van der Waals surface area contributed by atoms with Crippen LogP contribution >= 0.6 is 11.8 Å². The number of carbonyl (C=O) groups is 2. The van der Waals surface area contributed by atoms with Crippen LogP contribution in [0, 0.1) is 12.7 Å². The van der Waals surface area contributed by atoms with E-state index in [1.54, 1.807) is 24.0 Å². The van der Waals surface area contributed by atoms with Gasteiger partial charge in [-0.2, -0.15) is 0 Å². The fourth-order valence-electron chi connectivity index (χ4n) is 2.80. The second kappa shape index (κ2) is 10.9. The van der Waals surface area contributed by atoms with Crippen molar-refractivity contribution in [3.63, 3.8) is 0 Å². The number of hydrogen-bond acceptors (Lipinski definition) is 3. The van der Waals surface area contributed by atoms with Crippen molar-refractivity contribution in [3.8, 4) is 0 Å². The van der Waals surface area contributed by atoms with Crippen LogP contribution < -0.4 is 5.32 Å². The first-order chi connectivity index (χ1) is 13.4. The van der Waals surface area contributed by atoms with Gasteiger partial charge in [-0.1, -0.05) is 36.4 Å². The smallest absolute Gasteiger partial charge is 0.242 e. The lowest BCUT2D eigenvalue weighted by atomic mass is 10.1. The molecule has 4 nitrogen and oxygen atoms in total. The molecule has 0 saturated carbocycles. The summed E-state index contributed by atoms with van der Waals surface area (Å²) in [5.74, 6) is 0.347. The first-order valence-electron chi connectivity index (χ1n) is 9.36. The predicted octanol–water partition coefficient (Wildman–Crippen LogP) is 3.92. The molecule has 6 heteroatoms. The quantitative estimate of drug-likeness (QED) is 0.692. The highest BCUT2D eigenvalue weighted by atomic mass is 32.2. The van der Waals surface area contributed by atoms with Crippen LogP contribution in [-0.2, 0) is 21.9 Å². The molecule has 0 aliphatic heterocycles. The molecule has 0 unspecified atom stereocenters. The Bertz CT molecular complexity index is 795. The Morgan fingerprint density at radius 1 is 1.14 bits per heavy atom. The van der Waals surface area contributed by atoms with Crippen molar-refractivity contribution in [2.75, 3.05) is 12.3 Å². The second-order valence-electron chi connectivity index (χ2n) is 6.64. The SMILES string of the molecule is CCNC(=O)[C@@H](C)N(Cc1ccccc1C)C(=O)CSCc1ccc(F)cc1. The number of nitrogens with zero attached hydrogens (tertiary/aromatic N) is 1. The van der Waals surface area contributed by atoms with E-state index < -0.39 is 6.04 Å². The van der Waals surface area contributed by atoms with Crippen LogP contribution in [0.25, 0.3) is 0 Å². The summed E-state index contributed by atoms with van der Waals surface area (Å²) >= 11 is 1.46. The molecule has 0 heterocycles. The van der Waals surface area contributed by atoms with Crippen molar-refractivity contribution in [2.45, 2.75) is 39.1 Å². The zero-order valence-electron chi connectivity index (χ0n) is 16.6. The van der Waals surface area contributed by atoms with Gasteiger partial charge in [0.15, 0.2) is 0 Å². The van der Waals surface area contributed by atoms with Crippen molar-refractivity contribution in [1.29, 1.82) is 0 Å². The predicted molar refractivity (Wildman–Crippen MR) is 112 cm³/mol. The first kappa shape index (κ1) is 22.0. The summed E-state index contributed by atoms with van der Waals surface area (Å²) < 4.78 is 13.0. The zero-order valence-corrected chi connectivity index (χ0v) is 17.4. The van der Waals surface area contributed by atoms with Crippen LogP contribution in [0.1, 0.15) is 30.5 Å². The summed E-state index contributed by atoms with van der Waals surface area (Å²) in [5.41, 5.74) is 3.07. The maximum absolute atomic E-state index is 13.0. The summed E-state index contributed by atoms with van der Waals surface area (Å²) in [6.45, 7) is 6.52. The molecule has 0 bridgehead atoms. The Labute approximate surface area is 170 Å². The fourth-order valence-corrected chi connectivity index (χ4v) is 3.67. The summed E-state index contributed by atoms with van der Waals surface area (Å²) in [6.07, 6.45) is 0. The number of rotatable bonds is 9. The molecule has 0 radical (unpaired) electrons. The van der Waals surface area contributed by atoms with Gasteiger partial charge < -0.3 is 10.2 Å². The third kappa shape index (κ3) is 6.37. The van der Waals surface area contributed by atoms with Gasteiger partial charge in [0.1, 0.15) is 11.9 Å². The first-order valence-corrected chi connectivity index (χ1v) is 10.5. The summed E-state index contributed by atoms with van der Waals surface area (Å²) in [7, 11) is 0. The number of aryl methyl sites for hydroxylation is 1. The summed E-state index contributed by atoms with van der Waals surface area (Å²) in [5, 5.41) is 2.79. The van der Waals surface area contributed by atoms with E-state index in [1.165, 1.54) is 23.9 Å². The molecule has 2 aromatic carbocycles. The number of halogens is 1. The Balaban J connectivity index is 2.06. The topological polar surface area (TPSA) is 49.4 Å². The molecule has 0 aromatic heterocycles. The molecular formula is C22H27FN2O2S. The van der Waals surface area contributed by atoms with E-state index in [1.807, 2.05) is 38.1 Å². The Hall–Kier alpha value is -2.34. The van der Waals surface area contributed by atoms with E-state index in [9.17, 15) is 14.0 Å². The number of carbonyl (C=O) groups excluding carboxylic acids is 2. The highest BCUT2D eigenvalue weighted by Gasteiger charge is 2.26. The summed E-state index contributed by atoms with van der Waals surface area (Å²) in [6, 6.07) is 13.6. The molecule has 0 fully saturated rings. The van der Waals surface area contributed by atoms with E-state index in [0.717, 1.165) is 16.7 Å². The average Bonchev–Trinajstić information content (AvgIpc) is 2.68. The third-order valence-electron chi connectivity index (χ3n) is 4.53. The number of hydrogen-bond donors (Lipinski definition) is 1. The van der Waals surface area contributed by atoms with Crippen LogP contribution in [0.2, 0.25) is 0 Å². The maximum Gasteiger partial charge on any atom is 0.242 e. The molecule has 0 spiro atoms. The van der Waals surface area contributed by atoms with Crippen LogP contribution in [-0.4, -0.2) is 35.1 Å². The molecule has 0 aliphatic carbocycles. The second-order valence-corrected chi connectivity index (χ2v) is 7.62. The molecular weight excluding hydrogens is 375 g/mol. The van der Waals surface area contributed by atoms with E-state index >= 15 is 0 Å². The standard InChI is InChI=1S/C22H27FN2O2S/c1-4-24-22(27)17(3)25(13-19-8-6-5-7-16(19)2)21(26)15-28-14-18-9-11-20(23)12-10-18/h5-12,17H,4,13-15H2,1-3H3,(H,24,27)/t17-/m1/s1. The third-order valence-corrected chi connectivity index (χ3v) is 5.52. The van der Waals surface area contributed by atoms with Gasteiger partial charge in [-0.15, -0.1) is 11.8 Å².